The van der Waals surface area contributed by atoms with E-state index in [1.807, 2.05) is 12.1 Å². The van der Waals surface area contributed by atoms with Crippen LogP contribution in [-0.4, -0.2) is 17.1 Å². The molecule has 0 fully saturated rings. The number of aromatic hydroxyl groups is 1. The number of carbonyl (C=O) groups excluding carboxylic acids is 1. The molecule has 0 saturated carbocycles. The smallest absolute Gasteiger partial charge is 0.154 e. The molecule has 0 aromatic heterocycles. The van der Waals surface area contributed by atoms with Crippen molar-refractivity contribution in [2.45, 2.75) is 12.5 Å². The Bertz CT molecular complexity index is 731. The molecule has 2 aromatic carbocycles. The van der Waals surface area contributed by atoms with Crippen LogP contribution in [0.5, 0.6) is 17.2 Å². The van der Waals surface area contributed by atoms with E-state index in [1.54, 1.807) is 18.2 Å². The molecule has 122 valence electrons. The van der Waals surface area contributed by atoms with Crippen LogP contribution in [0.1, 0.15) is 5.56 Å². The second kappa shape index (κ2) is 7.99. The lowest BCUT2D eigenvalue weighted by Crippen LogP contribution is -2.69. The van der Waals surface area contributed by atoms with Gasteiger partial charge in [0, 0.05) is 6.42 Å². The largest absolute Gasteiger partial charge is 0.544 e. The molecule has 1 unspecified atom stereocenters. The highest BCUT2D eigenvalue weighted by molar-refractivity contribution is 14.1. The van der Waals surface area contributed by atoms with Crippen LogP contribution in [0.4, 0.5) is 0 Å². The van der Waals surface area contributed by atoms with E-state index in [-0.39, 0.29) is 5.75 Å². The highest BCUT2D eigenvalue weighted by atomic mass is 127. The van der Waals surface area contributed by atoms with E-state index < -0.39 is 12.0 Å². The first kappa shape index (κ1) is 18.7. The summed E-state index contributed by atoms with van der Waals surface area (Å²) in [6.07, 6.45) is 0.305. The van der Waals surface area contributed by atoms with E-state index in [0.717, 1.165) is 12.7 Å². The molecule has 23 heavy (non-hydrogen) atoms. The minimum absolute atomic E-state index is 0.140. The molecular weight excluding hydrogens is 592 g/mol. The van der Waals surface area contributed by atoms with Crippen molar-refractivity contribution in [2.75, 3.05) is 0 Å². The number of aliphatic carboxylic acids is 1. The summed E-state index contributed by atoms with van der Waals surface area (Å²) in [7, 11) is 0. The third-order valence-corrected chi connectivity index (χ3v) is 5.25. The molecule has 0 bridgehead atoms. The lowest BCUT2D eigenvalue weighted by atomic mass is 10.1. The average Bonchev–Trinajstić information content (AvgIpc) is 2.46. The number of phenolic OH excluding ortho intramolecular Hbond substituents is 1. The van der Waals surface area contributed by atoms with Crippen molar-refractivity contribution in [1.82, 2.24) is 0 Å². The van der Waals surface area contributed by atoms with Crippen molar-refractivity contribution >= 4 is 67.1 Å². The predicted octanol–water partition coefficient (Wildman–Crippen LogP) is 2.06. The van der Waals surface area contributed by atoms with Gasteiger partial charge in [0.15, 0.2) is 5.75 Å². The molecule has 0 heterocycles. The molecule has 0 aliphatic rings. The number of quaternary nitrogens is 1. The van der Waals surface area contributed by atoms with Crippen LogP contribution < -0.4 is 15.6 Å². The fourth-order valence-corrected chi connectivity index (χ4v) is 4.34. The lowest BCUT2D eigenvalue weighted by Gasteiger charge is -2.14. The zero-order valence-electron chi connectivity index (χ0n) is 11.7. The number of benzene rings is 2. The van der Waals surface area contributed by atoms with Gasteiger partial charge in [0.2, 0.25) is 0 Å². The summed E-state index contributed by atoms with van der Waals surface area (Å²) in [6.45, 7) is 0. The Balaban J connectivity index is 2.26. The van der Waals surface area contributed by atoms with Crippen molar-refractivity contribution in [1.29, 1.82) is 0 Å². The number of hydrogen-bond donors (Lipinski definition) is 2. The van der Waals surface area contributed by atoms with Crippen molar-refractivity contribution in [3.8, 4) is 17.2 Å². The quantitative estimate of drug-likeness (QED) is 0.512. The number of rotatable bonds is 5. The number of carbonyl (C=O) groups is 1. The SMILES string of the molecule is [NH3+]C(Cc1cc(I)c(Oc2ccc(O)c(Br)c2)c(I)c1)C(=O)[O-]. The fourth-order valence-electron chi connectivity index (χ4n) is 1.86. The summed E-state index contributed by atoms with van der Waals surface area (Å²) in [5.74, 6) is 0.245. The van der Waals surface area contributed by atoms with Gasteiger partial charge in [-0.05, 0) is 97.0 Å². The van der Waals surface area contributed by atoms with E-state index in [9.17, 15) is 15.0 Å². The van der Waals surface area contributed by atoms with E-state index in [4.69, 9.17) is 4.74 Å². The standard InChI is InChI=1S/C15H12BrI2NO4/c16-9-6-8(1-2-13(9)20)23-14-10(17)3-7(4-11(14)18)5-12(19)15(21)22/h1-4,6,12,20H,5,19H2,(H,21,22). The van der Waals surface area contributed by atoms with Crippen LogP contribution in [0.25, 0.3) is 0 Å². The van der Waals surface area contributed by atoms with Crippen LogP contribution in [0, 0.1) is 7.14 Å². The van der Waals surface area contributed by atoms with Gasteiger partial charge in [-0.1, -0.05) is 0 Å². The predicted molar refractivity (Wildman–Crippen MR) is 103 cm³/mol. The van der Waals surface area contributed by atoms with Crippen molar-refractivity contribution < 1.29 is 25.5 Å². The summed E-state index contributed by atoms with van der Waals surface area (Å²) >= 11 is 7.53. The topological polar surface area (TPSA) is 97.2 Å². The zero-order valence-corrected chi connectivity index (χ0v) is 17.6. The minimum Gasteiger partial charge on any atom is -0.544 e. The molecule has 0 aliphatic carbocycles. The van der Waals surface area contributed by atoms with Gasteiger partial charge in [0.25, 0.3) is 0 Å². The molecule has 0 saturated heterocycles. The summed E-state index contributed by atoms with van der Waals surface area (Å²) in [5, 5.41) is 20.3. The molecule has 2 rings (SSSR count). The second-order valence-corrected chi connectivity index (χ2v) is 8.00. The van der Waals surface area contributed by atoms with Crippen molar-refractivity contribution in [3.05, 3.63) is 47.5 Å². The summed E-state index contributed by atoms with van der Waals surface area (Å²) < 4.78 is 8.15. The number of ether oxygens (including phenoxy) is 1. The Hall–Kier alpha value is -0.590. The van der Waals surface area contributed by atoms with Crippen molar-refractivity contribution in [2.24, 2.45) is 0 Å². The van der Waals surface area contributed by atoms with E-state index in [0.29, 0.717) is 22.4 Å². The first-order chi connectivity index (χ1) is 10.8. The monoisotopic (exact) mass is 603 g/mol. The number of hydrogen-bond acceptors (Lipinski definition) is 4. The molecule has 2 aromatic rings. The van der Waals surface area contributed by atoms with Crippen LogP contribution in [-0.2, 0) is 11.2 Å². The highest BCUT2D eigenvalue weighted by Gasteiger charge is 2.14. The molecule has 8 heteroatoms. The summed E-state index contributed by atoms with van der Waals surface area (Å²) in [5.41, 5.74) is 4.44. The summed E-state index contributed by atoms with van der Waals surface area (Å²) in [4.78, 5) is 10.8. The van der Waals surface area contributed by atoms with Crippen LogP contribution in [0.2, 0.25) is 0 Å². The Labute approximate surface area is 168 Å². The van der Waals surface area contributed by atoms with Crippen LogP contribution in [0.15, 0.2) is 34.8 Å². The average molecular weight is 604 g/mol. The fraction of sp³-hybridized carbons (Fsp3) is 0.133. The maximum atomic E-state index is 10.8. The normalized spacial score (nSPS) is 12.0. The third-order valence-electron chi connectivity index (χ3n) is 3.01. The zero-order chi connectivity index (χ0) is 17.1. The number of carboxylic acids is 1. The lowest BCUT2D eigenvalue weighted by molar-refractivity contribution is -0.437. The number of halogens is 3. The van der Waals surface area contributed by atoms with Gasteiger partial charge >= 0.3 is 0 Å². The van der Waals surface area contributed by atoms with Crippen LogP contribution in [0.3, 0.4) is 0 Å². The van der Waals surface area contributed by atoms with Gasteiger partial charge in [-0.15, -0.1) is 0 Å². The molecule has 0 aliphatic heterocycles. The Morgan fingerprint density at radius 1 is 1.30 bits per heavy atom. The second-order valence-electron chi connectivity index (χ2n) is 4.82. The van der Waals surface area contributed by atoms with Gasteiger partial charge in [-0.25, -0.2) is 0 Å². The molecule has 0 spiro atoms. The van der Waals surface area contributed by atoms with E-state index in [1.165, 1.54) is 0 Å². The van der Waals surface area contributed by atoms with E-state index >= 15 is 0 Å². The Morgan fingerprint density at radius 2 is 1.91 bits per heavy atom. The minimum atomic E-state index is -1.16. The van der Waals surface area contributed by atoms with Gasteiger partial charge in [0.1, 0.15) is 17.5 Å². The van der Waals surface area contributed by atoms with Gasteiger partial charge in [0.05, 0.1) is 17.6 Å². The maximum absolute atomic E-state index is 10.8. The Kier molecular flexibility index (Phi) is 6.51. The Morgan fingerprint density at radius 3 is 2.43 bits per heavy atom. The number of carboxylic acid groups (broad SMARTS) is 1. The van der Waals surface area contributed by atoms with E-state index in [2.05, 4.69) is 66.8 Å². The van der Waals surface area contributed by atoms with Crippen molar-refractivity contribution in [3.63, 3.8) is 0 Å². The van der Waals surface area contributed by atoms with Crippen LogP contribution >= 0.6 is 61.1 Å². The molecule has 1 atom stereocenters. The summed E-state index contributed by atoms with van der Waals surface area (Å²) in [6, 6.07) is 7.84. The first-order valence-corrected chi connectivity index (χ1v) is 9.41. The third kappa shape index (κ3) is 4.94. The maximum Gasteiger partial charge on any atom is 0.154 e. The molecule has 0 radical (unpaired) electrons. The van der Waals surface area contributed by atoms with Gasteiger partial charge < -0.3 is 25.5 Å². The highest BCUT2D eigenvalue weighted by Crippen LogP contribution is 2.35. The first-order valence-electron chi connectivity index (χ1n) is 6.46. The molecular formula is C15H12BrI2NO4. The van der Waals surface area contributed by atoms with Gasteiger partial charge in [-0.3, -0.25) is 0 Å². The number of phenols is 1. The molecule has 0 amide bonds. The molecule has 5 nitrogen and oxygen atoms in total. The molecule has 4 N–H and O–H groups in total. The van der Waals surface area contributed by atoms with Gasteiger partial charge in [-0.2, -0.15) is 0 Å².